The molecule has 20 heavy (non-hydrogen) atoms. The molecule has 1 atom stereocenters. The van der Waals surface area contributed by atoms with E-state index in [1.165, 1.54) is 23.1 Å². The molecule has 0 spiro atoms. The Morgan fingerprint density at radius 1 is 1.25 bits per heavy atom. The van der Waals surface area contributed by atoms with Gasteiger partial charge in [0.05, 0.1) is 18.8 Å². The molecule has 0 saturated carbocycles. The van der Waals surface area contributed by atoms with Gasteiger partial charge < -0.3 is 9.64 Å². The van der Waals surface area contributed by atoms with Crippen molar-refractivity contribution < 1.29 is 22.7 Å². The number of benzene rings is 1. The van der Waals surface area contributed by atoms with Crippen molar-refractivity contribution in [3.8, 4) is 0 Å². The number of halogens is 4. The van der Waals surface area contributed by atoms with Crippen molar-refractivity contribution in [3.63, 3.8) is 0 Å². The molecule has 1 unspecified atom stereocenters. The highest BCUT2D eigenvalue weighted by Crippen LogP contribution is 2.37. The van der Waals surface area contributed by atoms with Gasteiger partial charge in [0.25, 0.3) is 0 Å². The van der Waals surface area contributed by atoms with Gasteiger partial charge in [-0.1, -0.05) is 18.2 Å². The SMILES string of the molecule is O=C(C(Cl)c1ccccc1C(F)(F)F)N1CCOCC1. The third-order valence-corrected chi connectivity index (χ3v) is 3.50. The molecule has 110 valence electrons. The number of nitrogens with zero attached hydrogens (tertiary/aromatic N) is 1. The molecule has 1 aliphatic heterocycles. The van der Waals surface area contributed by atoms with Gasteiger partial charge in [-0.2, -0.15) is 13.2 Å². The van der Waals surface area contributed by atoms with Crippen LogP contribution in [0.5, 0.6) is 0 Å². The Bertz CT molecular complexity index is 487. The monoisotopic (exact) mass is 307 g/mol. The Labute approximate surface area is 119 Å². The van der Waals surface area contributed by atoms with Crippen LogP contribution >= 0.6 is 11.6 Å². The molecule has 0 aromatic heterocycles. The molecule has 1 fully saturated rings. The minimum atomic E-state index is -4.53. The van der Waals surface area contributed by atoms with Crippen molar-refractivity contribution >= 4 is 17.5 Å². The number of hydrogen-bond acceptors (Lipinski definition) is 2. The summed E-state index contributed by atoms with van der Waals surface area (Å²) in [5, 5.41) is -1.34. The highest BCUT2D eigenvalue weighted by atomic mass is 35.5. The van der Waals surface area contributed by atoms with Crippen LogP contribution in [0.3, 0.4) is 0 Å². The van der Waals surface area contributed by atoms with Gasteiger partial charge in [0.1, 0.15) is 5.38 Å². The lowest BCUT2D eigenvalue weighted by molar-refractivity contribution is -0.139. The lowest BCUT2D eigenvalue weighted by Crippen LogP contribution is -2.42. The molecule has 0 bridgehead atoms. The Kier molecular flexibility index (Phi) is 4.55. The van der Waals surface area contributed by atoms with Gasteiger partial charge >= 0.3 is 6.18 Å². The maximum absolute atomic E-state index is 12.9. The Morgan fingerprint density at radius 3 is 2.45 bits per heavy atom. The third kappa shape index (κ3) is 3.24. The first-order valence-electron chi connectivity index (χ1n) is 6.08. The molecule has 1 aromatic carbocycles. The van der Waals surface area contributed by atoms with Crippen LogP contribution in [0.4, 0.5) is 13.2 Å². The van der Waals surface area contributed by atoms with Gasteiger partial charge in [0.15, 0.2) is 0 Å². The first-order valence-corrected chi connectivity index (χ1v) is 6.51. The molecule has 0 radical (unpaired) electrons. The lowest BCUT2D eigenvalue weighted by Gasteiger charge is -2.29. The van der Waals surface area contributed by atoms with Crippen LogP contribution in [0.2, 0.25) is 0 Å². The fourth-order valence-corrected chi connectivity index (χ4v) is 2.38. The van der Waals surface area contributed by atoms with Gasteiger partial charge in [-0.3, -0.25) is 4.79 Å². The molecule has 1 amide bonds. The summed E-state index contributed by atoms with van der Waals surface area (Å²) in [5.74, 6) is -0.522. The van der Waals surface area contributed by atoms with E-state index in [0.29, 0.717) is 26.3 Å². The highest BCUT2D eigenvalue weighted by molar-refractivity contribution is 6.30. The van der Waals surface area contributed by atoms with E-state index in [-0.39, 0.29) is 5.56 Å². The first kappa shape index (κ1) is 15.1. The molecule has 1 saturated heterocycles. The zero-order valence-corrected chi connectivity index (χ0v) is 11.2. The van der Waals surface area contributed by atoms with E-state index in [1.54, 1.807) is 0 Å². The summed E-state index contributed by atoms with van der Waals surface area (Å²) >= 11 is 5.97. The van der Waals surface area contributed by atoms with Gasteiger partial charge in [-0.15, -0.1) is 11.6 Å². The van der Waals surface area contributed by atoms with Crippen molar-refractivity contribution in [2.75, 3.05) is 26.3 Å². The number of alkyl halides is 4. The van der Waals surface area contributed by atoms with E-state index < -0.39 is 23.0 Å². The van der Waals surface area contributed by atoms with E-state index in [1.807, 2.05) is 0 Å². The molecule has 1 heterocycles. The number of carbonyl (C=O) groups is 1. The van der Waals surface area contributed by atoms with Gasteiger partial charge in [-0.25, -0.2) is 0 Å². The Hall–Kier alpha value is -1.27. The standard InChI is InChI=1S/C13H13ClF3NO2/c14-11(12(19)18-5-7-20-8-6-18)9-3-1-2-4-10(9)13(15,16)17/h1-4,11H,5-8H2. The van der Waals surface area contributed by atoms with Crippen molar-refractivity contribution in [2.24, 2.45) is 0 Å². The topological polar surface area (TPSA) is 29.5 Å². The highest BCUT2D eigenvalue weighted by Gasteiger charge is 2.37. The molecule has 7 heteroatoms. The van der Waals surface area contributed by atoms with Crippen molar-refractivity contribution in [3.05, 3.63) is 35.4 Å². The number of carbonyl (C=O) groups excluding carboxylic acids is 1. The van der Waals surface area contributed by atoms with E-state index in [0.717, 1.165) is 6.07 Å². The van der Waals surface area contributed by atoms with Crippen molar-refractivity contribution in [2.45, 2.75) is 11.6 Å². The first-order chi connectivity index (χ1) is 9.41. The summed E-state index contributed by atoms with van der Waals surface area (Å²) in [5.41, 5.74) is -1.08. The van der Waals surface area contributed by atoms with Crippen LogP contribution in [0, 0.1) is 0 Å². The zero-order valence-electron chi connectivity index (χ0n) is 10.5. The summed E-state index contributed by atoms with van der Waals surface area (Å²) in [4.78, 5) is 13.6. The molecule has 3 nitrogen and oxygen atoms in total. The summed E-state index contributed by atoms with van der Waals surface area (Å²) < 4.78 is 43.8. The predicted octanol–water partition coefficient (Wildman–Crippen LogP) is 2.84. The smallest absolute Gasteiger partial charge is 0.378 e. The molecule has 2 rings (SSSR count). The summed E-state index contributed by atoms with van der Waals surface area (Å²) in [7, 11) is 0. The van der Waals surface area contributed by atoms with E-state index in [2.05, 4.69) is 0 Å². The van der Waals surface area contributed by atoms with Crippen LogP contribution in [-0.2, 0) is 15.7 Å². The predicted molar refractivity (Wildman–Crippen MR) is 67.4 cm³/mol. The second kappa shape index (κ2) is 6.01. The molecular formula is C13H13ClF3NO2. The van der Waals surface area contributed by atoms with E-state index in [4.69, 9.17) is 16.3 Å². The largest absolute Gasteiger partial charge is 0.416 e. The number of ether oxygens (including phenoxy) is 1. The second-order valence-corrected chi connectivity index (χ2v) is 4.82. The average molecular weight is 308 g/mol. The fraction of sp³-hybridized carbons (Fsp3) is 0.462. The number of amides is 1. The van der Waals surface area contributed by atoms with E-state index in [9.17, 15) is 18.0 Å². The third-order valence-electron chi connectivity index (χ3n) is 3.08. The summed E-state index contributed by atoms with van der Waals surface area (Å²) in [6.07, 6.45) is -4.53. The molecule has 1 aromatic rings. The number of morpholine rings is 1. The molecular weight excluding hydrogens is 295 g/mol. The maximum Gasteiger partial charge on any atom is 0.416 e. The van der Waals surface area contributed by atoms with Crippen LogP contribution in [0.15, 0.2) is 24.3 Å². The quantitative estimate of drug-likeness (QED) is 0.786. The van der Waals surface area contributed by atoms with Crippen LogP contribution in [0.1, 0.15) is 16.5 Å². The number of hydrogen-bond donors (Lipinski definition) is 0. The van der Waals surface area contributed by atoms with Crippen molar-refractivity contribution in [1.29, 1.82) is 0 Å². The Balaban J connectivity index is 2.24. The van der Waals surface area contributed by atoms with Gasteiger partial charge in [-0.05, 0) is 11.6 Å². The molecule has 1 aliphatic rings. The van der Waals surface area contributed by atoms with Crippen LogP contribution in [0.25, 0.3) is 0 Å². The minimum Gasteiger partial charge on any atom is -0.378 e. The van der Waals surface area contributed by atoms with Crippen LogP contribution in [-0.4, -0.2) is 37.1 Å². The average Bonchev–Trinajstić information content (AvgIpc) is 2.46. The Morgan fingerprint density at radius 2 is 1.85 bits per heavy atom. The lowest BCUT2D eigenvalue weighted by atomic mass is 10.0. The van der Waals surface area contributed by atoms with Crippen molar-refractivity contribution in [1.82, 2.24) is 4.90 Å². The van der Waals surface area contributed by atoms with Crippen LogP contribution < -0.4 is 0 Å². The summed E-state index contributed by atoms with van der Waals surface area (Å²) in [6, 6.07) is 4.87. The molecule has 0 N–H and O–H groups in total. The normalized spacial score (nSPS) is 17.9. The van der Waals surface area contributed by atoms with Gasteiger partial charge in [0, 0.05) is 13.1 Å². The second-order valence-electron chi connectivity index (χ2n) is 4.39. The maximum atomic E-state index is 12.9. The molecule has 0 aliphatic carbocycles. The number of rotatable bonds is 2. The zero-order chi connectivity index (χ0) is 14.8. The minimum absolute atomic E-state index is 0.210. The van der Waals surface area contributed by atoms with Gasteiger partial charge in [0.2, 0.25) is 5.91 Å². The van der Waals surface area contributed by atoms with E-state index >= 15 is 0 Å². The fourth-order valence-electron chi connectivity index (χ4n) is 2.05. The summed E-state index contributed by atoms with van der Waals surface area (Å²) in [6.45, 7) is 1.43.